The molecule has 0 bridgehead atoms. The highest BCUT2D eigenvalue weighted by Crippen LogP contribution is 2.27. The Morgan fingerprint density at radius 1 is 1.38 bits per heavy atom. The maximum atomic E-state index is 13.3. The fraction of sp³-hybridized carbons (Fsp3) is 0.364. The predicted octanol–water partition coefficient (Wildman–Crippen LogP) is 2.52. The molecule has 0 N–H and O–H groups in total. The van der Waals surface area contributed by atoms with Crippen LogP contribution in [0.25, 0.3) is 0 Å². The van der Waals surface area contributed by atoms with Gasteiger partial charge in [-0.1, -0.05) is 6.92 Å². The van der Waals surface area contributed by atoms with Crippen LogP contribution in [0.2, 0.25) is 0 Å². The van der Waals surface area contributed by atoms with E-state index in [1.807, 2.05) is 6.92 Å². The summed E-state index contributed by atoms with van der Waals surface area (Å²) in [6, 6.07) is 3.01. The molecular weight excluding hydrogens is 167 g/mol. The van der Waals surface area contributed by atoms with Crippen LogP contribution in [-0.4, -0.2) is 5.78 Å². The second-order valence-electron chi connectivity index (χ2n) is 3.33. The molecule has 68 valence electrons. The molecule has 0 radical (unpaired) electrons. The van der Waals surface area contributed by atoms with Crippen LogP contribution >= 0.6 is 0 Å². The highest BCUT2D eigenvalue weighted by atomic mass is 19.1. The van der Waals surface area contributed by atoms with Gasteiger partial charge in [-0.05, 0) is 36.1 Å². The summed E-state index contributed by atoms with van der Waals surface area (Å²) in [4.78, 5) is 11.3. The SMILES string of the molecule is CCc1c(F)ccc2c1CCC2=O. The zero-order chi connectivity index (χ0) is 9.42. The molecule has 0 saturated carbocycles. The van der Waals surface area contributed by atoms with Crippen molar-refractivity contribution in [3.63, 3.8) is 0 Å². The van der Waals surface area contributed by atoms with Gasteiger partial charge in [-0.2, -0.15) is 0 Å². The molecular formula is C11H11FO. The first kappa shape index (κ1) is 8.42. The number of benzene rings is 1. The average molecular weight is 178 g/mol. The number of rotatable bonds is 1. The maximum Gasteiger partial charge on any atom is 0.163 e. The molecule has 2 rings (SSSR count). The molecule has 1 aromatic rings. The van der Waals surface area contributed by atoms with E-state index in [0.717, 1.165) is 23.1 Å². The maximum absolute atomic E-state index is 13.3. The third-order valence-electron chi connectivity index (χ3n) is 2.63. The van der Waals surface area contributed by atoms with Gasteiger partial charge in [0.25, 0.3) is 0 Å². The lowest BCUT2D eigenvalue weighted by atomic mass is 10.0. The lowest BCUT2D eigenvalue weighted by molar-refractivity contribution is 0.0994. The van der Waals surface area contributed by atoms with Crippen LogP contribution in [0.3, 0.4) is 0 Å². The molecule has 1 aliphatic carbocycles. The van der Waals surface area contributed by atoms with Gasteiger partial charge in [0.05, 0.1) is 0 Å². The van der Waals surface area contributed by atoms with E-state index in [4.69, 9.17) is 0 Å². The van der Waals surface area contributed by atoms with Gasteiger partial charge in [0, 0.05) is 12.0 Å². The minimum absolute atomic E-state index is 0.157. The lowest BCUT2D eigenvalue weighted by Crippen LogP contribution is -1.97. The Labute approximate surface area is 76.6 Å². The average Bonchev–Trinajstić information content (AvgIpc) is 2.48. The molecule has 1 nitrogen and oxygen atoms in total. The van der Waals surface area contributed by atoms with Crippen molar-refractivity contribution in [1.29, 1.82) is 0 Å². The number of Topliss-reactive ketones (excluding diaryl/α,β-unsaturated/α-hetero) is 1. The minimum atomic E-state index is -0.170. The van der Waals surface area contributed by atoms with Crippen molar-refractivity contribution in [3.05, 3.63) is 34.6 Å². The number of halogens is 1. The molecule has 1 aromatic carbocycles. The van der Waals surface area contributed by atoms with E-state index in [2.05, 4.69) is 0 Å². The number of hydrogen-bond donors (Lipinski definition) is 0. The van der Waals surface area contributed by atoms with E-state index >= 15 is 0 Å². The van der Waals surface area contributed by atoms with Gasteiger partial charge in [-0.15, -0.1) is 0 Å². The molecule has 13 heavy (non-hydrogen) atoms. The summed E-state index contributed by atoms with van der Waals surface area (Å²) in [5, 5.41) is 0. The number of carbonyl (C=O) groups is 1. The normalized spacial score (nSPS) is 14.8. The monoisotopic (exact) mass is 178 g/mol. The van der Waals surface area contributed by atoms with E-state index in [1.54, 1.807) is 6.07 Å². The Morgan fingerprint density at radius 3 is 2.85 bits per heavy atom. The Hall–Kier alpha value is -1.18. The fourth-order valence-corrected chi connectivity index (χ4v) is 1.97. The summed E-state index contributed by atoms with van der Waals surface area (Å²) in [7, 11) is 0. The summed E-state index contributed by atoms with van der Waals surface area (Å²) in [5.74, 6) is -0.0133. The lowest BCUT2D eigenvalue weighted by Gasteiger charge is -2.05. The van der Waals surface area contributed by atoms with Crippen molar-refractivity contribution >= 4 is 5.78 Å². The third kappa shape index (κ3) is 1.17. The van der Waals surface area contributed by atoms with Gasteiger partial charge in [-0.3, -0.25) is 4.79 Å². The van der Waals surface area contributed by atoms with Gasteiger partial charge in [-0.25, -0.2) is 4.39 Å². The third-order valence-corrected chi connectivity index (χ3v) is 2.63. The first-order chi connectivity index (χ1) is 6.24. The molecule has 0 amide bonds. The molecule has 0 fully saturated rings. The van der Waals surface area contributed by atoms with Gasteiger partial charge < -0.3 is 0 Å². The largest absolute Gasteiger partial charge is 0.294 e. The Kier molecular flexibility index (Phi) is 1.91. The molecule has 1 aliphatic rings. The summed E-state index contributed by atoms with van der Waals surface area (Å²) >= 11 is 0. The van der Waals surface area contributed by atoms with Crippen LogP contribution < -0.4 is 0 Å². The molecule has 0 heterocycles. The predicted molar refractivity (Wildman–Crippen MR) is 48.4 cm³/mol. The fourth-order valence-electron chi connectivity index (χ4n) is 1.97. The Bertz CT molecular complexity index is 369. The molecule has 0 atom stereocenters. The van der Waals surface area contributed by atoms with Crippen LogP contribution in [0.4, 0.5) is 4.39 Å². The van der Waals surface area contributed by atoms with Crippen LogP contribution in [0.5, 0.6) is 0 Å². The number of carbonyl (C=O) groups excluding carboxylic acids is 1. The Balaban J connectivity index is 2.64. The zero-order valence-corrected chi connectivity index (χ0v) is 7.56. The van der Waals surface area contributed by atoms with Gasteiger partial charge >= 0.3 is 0 Å². The van der Waals surface area contributed by atoms with E-state index in [1.165, 1.54) is 6.07 Å². The highest BCUT2D eigenvalue weighted by Gasteiger charge is 2.22. The summed E-state index contributed by atoms with van der Waals surface area (Å²) in [6.07, 6.45) is 1.93. The molecule has 0 saturated heterocycles. The molecule has 0 spiro atoms. The minimum Gasteiger partial charge on any atom is -0.294 e. The van der Waals surface area contributed by atoms with Gasteiger partial charge in [0.15, 0.2) is 5.78 Å². The molecule has 0 aliphatic heterocycles. The van der Waals surface area contributed by atoms with Crippen LogP contribution in [0.15, 0.2) is 12.1 Å². The number of ketones is 1. The van der Waals surface area contributed by atoms with Crippen molar-refractivity contribution in [2.75, 3.05) is 0 Å². The van der Waals surface area contributed by atoms with Crippen molar-refractivity contribution in [2.24, 2.45) is 0 Å². The van der Waals surface area contributed by atoms with Crippen molar-refractivity contribution in [1.82, 2.24) is 0 Å². The van der Waals surface area contributed by atoms with E-state index in [0.29, 0.717) is 12.8 Å². The second-order valence-corrected chi connectivity index (χ2v) is 3.33. The summed E-state index contributed by atoms with van der Waals surface area (Å²) < 4.78 is 13.3. The van der Waals surface area contributed by atoms with E-state index in [-0.39, 0.29) is 11.6 Å². The van der Waals surface area contributed by atoms with Gasteiger partial charge in [0.2, 0.25) is 0 Å². The zero-order valence-electron chi connectivity index (χ0n) is 7.56. The van der Waals surface area contributed by atoms with Crippen molar-refractivity contribution < 1.29 is 9.18 Å². The standard InChI is InChI=1S/C11H11FO/c1-2-7-8-4-6-11(13)9(8)3-5-10(7)12/h3,5H,2,4,6H2,1H3. The quantitative estimate of drug-likeness (QED) is 0.645. The first-order valence-corrected chi connectivity index (χ1v) is 4.57. The number of hydrogen-bond acceptors (Lipinski definition) is 1. The van der Waals surface area contributed by atoms with Crippen LogP contribution in [0.1, 0.15) is 34.8 Å². The topological polar surface area (TPSA) is 17.1 Å². The molecule has 0 aromatic heterocycles. The number of fused-ring (bicyclic) bond motifs is 1. The Morgan fingerprint density at radius 2 is 2.15 bits per heavy atom. The summed E-state index contributed by atoms with van der Waals surface area (Å²) in [5.41, 5.74) is 2.40. The highest BCUT2D eigenvalue weighted by molar-refractivity contribution is 6.00. The molecule has 2 heteroatoms. The first-order valence-electron chi connectivity index (χ1n) is 4.57. The summed E-state index contributed by atoms with van der Waals surface area (Å²) in [6.45, 7) is 1.92. The van der Waals surface area contributed by atoms with E-state index in [9.17, 15) is 9.18 Å². The van der Waals surface area contributed by atoms with Crippen molar-refractivity contribution in [2.45, 2.75) is 26.2 Å². The smallest absolute Gasteiger partial charge is 0.163 e. The van der Waals surface area contributed by atoms with Crippen molar-refractivity contribution in [3.8, 4) is 0 Å². The van der Waals surface area contributed by atoms with Crippen LogP contribution in [0, 0.1) is 5.82 Å². The second kappa shape index (κ2) is 2.95. The van der Waals surface area contributed by atoms with Gasteiger partial charge in [0.1, 0.15) is 5.82 Å². The molecule has 0 unspecified atom stereocenters. The van der Waals surface area contributed by atoms with Crippen LogP contribution in [-0.2, 0) is 12.8 Å². The van der Waals surface area contributed by atoms with E-state index < -0.39 is 0 Å².